The van der Waals surface area contributed by atoms with Crippen LogP contribution in [0.2, 0.25) is 0 Å². The predicted molar refractivity (Wildman–Crippen MR) is 107 cm³/mol. The topological polar surface area (TPSA) is 61.5 Å². The van der Waals surface area contributed by atoms with E-state index in [2.05, 4.69) is 25.8 Å². The minimum absolute atomic E-state index is 0.795. The van der Waals surface area contributed by atoms with Crippen molar-refractivity contribution in [1.82, 2.24) is 0 Å². The maximum atomic E-state index is 4.34. The summed E-state index contributed by atoms with van der Waals surface area (Å²) in [5, 5.41) is 20.4. The molecule has 0 saturated carbocycles. The van der Waals surface area contributed by atoms with Crippen molar-refractivity contribution in [2.24, 2.45) is 20.5 Å². The van der Waals surface area contributed by atoms with E-state index in [1.807, 2.05) is 87.6 Å². The van der Waals surface area contributed by atoms with Crippen LogP contribution in [0.1, 0.15) is 11.1 Å². The van der Waals surface area contributed by atoms with E-state index >= 15 is 0 Å². The van der Waals surface area contributed by atoms with Gasteiger partial charge in [-0.3, -0.25) is 0 Å². The SMILES string of the molecule is CNc1ccc(N=Nc2ccc(N=Nc3ccccc3C)cc2C)cc1. The van der Waals surface area contributed by atoms with E-state index in [-0.39, 0.29) is 0 Å². The van der Waals surface area contributed by atoms with Gasteiger partial charge in [-0.1, -0.05) is 18.2 Å². The van der Waals surface area contributed by atoms with Gasteiger partial charge >= 0.3 is 0 Å². The third-order valence-corrected chi connectivity index (χ3v) is 4.00. The Bertz CT molecular complexity index is 943. The highest BCUT2D eigenvalue weighted by atomic mass is 15.1. The van der Waals surface area contributed by atoms with E-state index in [9.17, 15) is 0 Å². The standard InChI is InChI=1S/C21H21N5/c1-15-6-4-5-7-20(15)25-24-19-12-13-21(16(2)14-19)26-23-18-10-8-17(22-3)9-11-18/h4-14,22H,1-3H3. The van der Waals surface area contributed by atoms with Gasteiger partial charge in [0.05, 0.1) is 22.7 Å². The first-order valence-electron chi connectivity index (χ1n) is 8.43. The molecule has 130 valence electrons. The van der Waals surface area contributed by atoms with Crippen molar-refractivity contribution >= 4 is 28.4 Å². The molecular formula is C21H21N5. The lowest BCUT2D eigenvalue weighted by molar-refractivity contribution is 1.18. The highest BCUT2D eigenvalue weighted by Gasteiger charge is 2.00. The van der Waals surface area contributed by atoms with Crippen molar-refractivity contribution in [2.45, 2.75) is 13.8 Å². The molecule has 0 fully saturated rings. The fourth-order valence-electron chi connectivity index (χ4n) is 2.41. The van der Waals surface area contributed by atoms with Crippen LogP contribution in [0.4, 0.5) is 28.4 Å². The molecule has 3 aromatic carbocycles. The minimum atomic E-state index is 0.795. The van der Waals surface area contributed by atoms with Gasteiger partial charge in [0.1, 0.15) is 0 Å². The van der Waals surface area contributed by atoms with Crippen molar-refractivity contribution in [3.63, 3.8) is 0 Å². The summed E-state index contributed by atoms with van der Waals surface area (Å²) in [6.45, 7) is 4.01. The molecule has 0 aliphatic rings. The van der Waals surface area contributed by atoms with Crippen LogP contribution in [0.3, 0.4) is 0 Å². The lowest BCUT2D eigenvalue weighted by atomic mass is 10.2. The largest absolute Gasteiger partial charge is 0.388 e. The van der Waals surface area contributed by atoms with Gasteiger partial charge in [-0.15, -0.1) is 0 Å². The molecule has 0 aromatic heterocycles. The summed E-state index contributed by atoms with van der Waals surface area (Å²) in [5.74, 6) is 0. The molecule has 0 aliphatic carbocycles. The van der Waals surface area contributed by atoms with Crippen molar-refractivity contribution in [1.29, 1.82) is 0 Å². The highest BCUT2D eigenvalue weighted by molar-refractivity contribution is 5.55. The van der Waals surface area contributed by atoms with Crippen LogP contribution < -0.4 is 5.32 Å². The van der Waals surface area contributed by atoms with Gasteiger partial charge in [0.15, 0.2) is 0 Å². The Balaban J connectivity index is 1.74. The number of hydrogen-bond acceptors (Lipinski definition) is 5. The third kappa shape index (κ3) is 4.39. The van der Waals surface area contributed by atoms with Gasteiger partial charge in [-0.2, -0.15) is 20.5 Å². The normalized spacial score (nSPS) is 11.3. The average molecular weight is 343 g/mol. The molecule has 0 bridgehead atoms. The second kappa shape index (κ2) is 8.16. The summed E-state index contributed by atoms with van der Waals surface area (Å²) in [4.78, 5) is 0. The number of anilines is 1. The molecule has 1 N–H and O–H groups in total. The van der Waals surface area contributed by atoms with Crippen molar-refractivity contribution < 1.29 is 0 Å². The lowest BCUT2D eigenvalue weighted by Gasteiger charge is -2.02. The van der Waals surface area contributed by atoms with E-state index in [0.29, 0.717) is 0 Å². The summed E-state index contributed by atoms with van der Waals surface area (Å²) in [6.07, 6.45) is 0. The Morgan fingerprint density at radius 2 is 1.23 bits per heavy atom. The quantitative estimate of drug-likeness (QED) is 0.490. The zero-order chi connectivity index (χ0) is 18.4. The first-order chi connectivity index (χ1) is 12.7. The molecule has 5 nitrogen and oxygen atoms in total. The molecule has 3 rings (SSSR count). The Hall–Kier alpha value is -3.34. The van der Waals surface area contributed by atoms with E-state index in [1.54, 1.807) is 0 Å². The molecule has 0 spiro atoms. The molecule has 0 amide bonds. The second-order valence-electron chi connectivity index (χ2n) is 5.95. The first kappa shape index (κ1) is 17.5. The predicted octanol–water partition coefficient (Wildman–Crippen LogP) is 7.18. The summed E-state index contributed by atoms with van der Waals surface area (Å²) in [5.41, 5.74) is 6.44. The number of aryl methyl sites for hydroxylation is 2. The van der Waals surface area contributed by atoms with Crippen LogP contribution >= 0.6 is 0 Å². The summed E-state index contributed by atoms with van der Waals surface area (Å²) in [7, 11) is 1.89. The minimum Gasteiger partial charge on any atom is -0.388 e. The van der Waals surface area contributed by atoms with Gasteiger partial charge in [0, 0.05) is 12.7 Å². The van der Waals surface area contributed by atoms with Crippen LogP contribution in [-0.4, -0.2) is 7.05 Å². The number of nitrogens with zero attached hydrogens (tertiary/aromatic N) is 4. The molecule has 5 heteroatoms. The Morgan fingerprint density at radius 1 is 0.615 bits per heavy atom. The maximum Gasteiger partial charge on any atom is 0.0887 e. The average Bonchev–Trinajstić information content (AvgIpc) is 2.67. The number of azo groups is 2. The van der Waals surface area contributed by atoms with Gasteiger partial charge in [0.25, 0.3) is 0 Å². The maximum absolute atomic E-state index is 4.34. The van der Waals surface area contributed by atoms with E-state index in [1.165, 1.54) is 0 Å². The van der Waals surface area contributed by atoms with E-state index < -0.39 is 0 Å². The molecule has 0 atom stereocenters. The Morgan fingerprint density at radius 3 is 1.88 bits per heavy atom. The first-order valence-corrected chi connectivity index (χ1v) is 8.43. The number of hydrogen-bond donors (Lipinski definition) is 1. The van der Waals surface area contributed by atoms with E-state index in [0.717, 1.165) is 39.6 Å². The fourth-order valence-corrected chi connectivity index (χ4v) is 2.41. The molecule has 0 unspecified atom stereocenters. The smallest absolute Gasteiger partial charge is 0.0887 e. The van der Waals surface area contributed by atoms with Crippen molar-refractivity contribution in [2.75, 3.05) is 12.4 Å². The van der Waals surface area contributed by atoms with Gasteiger partial charge in [-0.25, -0.2) is 0 Å². The van der Waals surface area contributed by atoms with Crippen LogP contribution in [0.25, 0.3) is 0 Å². The van der Waals surface area contributed by atoms with Gasteiger partial charge < -0.3 is 5.32 Å². The van der Waals surface area contributed by atoms with Gasteiger partial charge in [-0.05, 0) is 73.5 Å². The Labute approximate surface area is 153 Å². The van der Waals surface area contributed by atoms with Crippen LogP contribution in [0.15, 0.2) is 87.2 Å². The summed E-state index contributed by atoms with van der Waals surface area (Å²) < 4.78 is 0. The molecule has 26 heavy (non-hydrogen) atoms. The lowest BCUT2D eigenvalue weighted by Crippen LogP contribution is -1.85. The second-order valence-corrected chi connectivity index (χ2v) is 5.95. The fraction of sp³-hybridized carbons (Fsp3) is 0.143. The van der Waals surface area contributed by atoms with Crippen LogP contribution in [0.5, 0.6) is 0 Å². The molecular weight excluding hydrogens is 322 g/mol. The van der Waals surface area contributed by atoms with Crippen molar-refractivity contribution in [3.05, 3.63) is 77.9 Å². The van der Waals surface area contributed by atoms with E-state index in [4.69, 9.17) is 0 Å². The summed E-state index contributed by atoms with van der Waals surface area (Å²) in [6, 6.07) is 21.5. The molecule has 3 aromatic rings. The zero-order valence-corrected chi connectivity index (χ0v) is 15.1. The highest BCUT2D eigenvalue weighted by Crippen LogP contribution is 2.28. The van der Waals surface area contributed by atoms with Crippen LogP contribution in [0, 0.1) is 13.8 Å². The molecule has 0 radical (unpaired) electrons. The number of rotatable bonds is 5. The number of nitrogens with one attached hydrogen (secondary N) is 1. The Kier molecular flexibility index (Phi) is 5.49. The monoisotopic (exact) mass is 343 g/mol. The molecule has 0 heterocycles. The van der Waals surface area contributed by atoms with Gasteiger partial charge in [0.2, 0.25) is 0 Å². The zero-order valence-electron chi connectivity index (χ0n) is 15.1. The number of benzene rings is 3. The summed E-state index contributed by atoms with van der Waals surface area (Å²) >= 11 is 0. The van der Waals surface area contributed by atoms with Crippen molar-refractivity contribution in [3.8, 4) is 0 Å². The third-order valence-electron chi connectivity index (χ3n) is 4.00. The molecule has 0 aliphatic heterocycles. The molecule has 0 saturated heterocycles. The van der Waals surface area contributed by atoms with Crippen LogP contribution in [-0.2, 0) is 0 Å².